The van der Waals surface area contributed by atoms with E-state index in [4.69, 9.17) is 11.6 Å². The van der Waals surface area contributed by atoms with Crippen molar-refractivity contribution in [2.24, 2.45) is 0 Å². The van der Waals surface area contributed by atoms with E-state index in [1.54, 1.807) is 12.1 Å². The number of rotatable bonds is 3. The molecule has 0 atom stereocenters. The molecule has 1 heterocycles. The molecule has 0 bridgehead atoms. The molecule has 1 amide bonds. The molecular weight excluding hydrogens is 250 g/mol. The number of carbonyl (C=O) groups excluding carboxylic acids is 1. The maximum Gasteiger partial charge on any atom is 0.269 e. The van der Waals surface area contributed by atoms with Crippen LogP contribution >= 0.6 is 11.6 Å². The summed E-state index contributed by atoms with van der Waals surface area (Å²) in [7, 11) is 0. The van der Waals surface area contributed by atoms with Gasteiger partial charge in [0.05, 0.1) is 10.7 Å². The van der Waals surface area contributed by atoms with Crippen LogP contribution in [0.4, 0.5) is 0 Å². The molecule has 4 nitrogen and oxygen atoms in total. The van der Waals surface area contributed by atoms with Crippen molar-refractivity contribution in [3.05, 3.63) is 41.0 Å². The number of nitrogens with zero attached hydrogens (tertiary/aromatic N) is 1. The lowest BCUT2D eigenvalue weighted by Crippen LogP contribution is -2.25. The minimum absolute atomic E-state index is 0.108. The molecule has 1 aliphatic carbocycles. The van der Waals surface area contributed by atoms with Crippen LogP contribution in [-0.2, 0) is 0 Å². The minimum atomic E-state index is -0.108. The van der Waals surface area contributed by atoms with E-state index < -0.39 is 0 Å². The molecular formula is C13H12ClN3O. The van der Waals surface area contributed by atoms with Gasteiger partial charge in [-0.15, -0.1) is 0 Å². The van der Waals surface area contributed by atoms with Crippen LogP contribution in [0.1, 0.15) is 23.3 Å². The fourth-order valence-corrected chi connectivity index (χ4v) is 1.97. The van der Waals surface area contributed by atoms with Gasteiger partial charge in [0.15, 0.2) is 0 Å². The van der Waals surface area contributed by atoms with Gasteiger partial charge < -0.3 is 5.32 Å². The second-order valence-electron chi connectivity index (χ2n) is 4.39. The average molecular weight is 262 g/mol. The van der Waals surface area contributed by atoms with Gasteiger partial charge in [0.1, 0.15) is 5.69 Å². The lowest BCUT2D eigenvalue weighted by Gasteiger charge is -1.99. The summed E-state index contributed by atoms with van der Waals surface area (Å²) >= 11 is 6.09. The largest absolute Gasteiger partial charge is 0.348 e. The van der Waals surface area contributed by atoms with E-state index in [1.807, 2.05) is 18.2 Å². The molecule has 1 aliphatic rings. The summed E-state index contributed by atoms with van der Waals surface area (Å²) in [6.45, 7) is 0. The first-order chi connectivity index (χ1) is 8.74. The number of nitrogens with one attached hydrogen (secondary N) is 2. The van der Waals surface area contributed by atoms with Gasteiger partial charge in [-0.25, -0.2) is 0 Å². The van der Waals surface area contributed by atoms with Gasteiger partial charge in [0.25, 0.3) is 5.91 Å². The van der Waals surface area contributed by atoms with Crippen LogP contribution in [0, 0.1) is 0 Å². The standard InChI is InChI=1S/C13H12ClN3O/c14-10-4-2-1-3-9(10)11-7-12(17-16-11)13(18)15-8-5-6-8/h1-4,7-8H,5-6H2,(H,15,18)(H,16,17). The highest BCUT2D eigenvalue weighted by molar-refractivity contribution is 6.33. The highest BCUT2D eigenvalue weighted by Crippen LogP contribution is 2.26. The summed E-state index contributed by atoms with van der Waals surface area (Å²) in [5, 5.41) is 10.4. The van der Waals surface area contributed by atoms with E-state index in [0.29, 0.717) is 22.5 Å². The summed E-state index contributed by atoms with van der Waals surface area (Å²) in [5.41, 5.74) is 1.97. The second-order valence-corrected chi connectivity index (χ2v) is 4.80. The smallest absolute Gasteiger partial charge is 0.269 e. The Labute approximate surface area is 109 Å². The average Bonchev–Trinajstić information content (AvgIpc) is 3.04. The van der Waals surface area contributed by atoms with Crippen LogP contribution < -0.4 is 5.32 Å². The van der Waals surface area contributed by atoms with Crippen molar-refractivity contribution in [2.75, 3.05) is 0 Å². The predicted molar refractivity (Wildman–Crippen MR) is 69.5 cm³/mol. The highest BCUT2D eigenvalue weighted by atomic mass is 35.5. The normalized spacial score (nSPS) is 14.5. The van der Waals surface area contributed by atoms with Gasteiger partial charge in [-0.05, 0) is 25.0 Å². The van der Waals surface area contributed by atoms with Crippen LogP contribution in [0.15, 0.2) is 30.3 Å². The molecule has 0 unspecified atom stereocenters. The fraction of sp³-hybridized carbons (Fsp3) is 0.231. The first-order valence-electron chi connectivity index (χ1n) is 5.85. The number of aromatic nitrogens is 2. The molecule has 5 heteroatoms. The molecule has 2 aromatic rings. The first kappa shape index (κ1) is 11.3. The summed E-state index contributed by atoms with van der Waals surface area (Å²) in [4.78, 5) is 11.8. The van der Waals surface area contributed by atoms with Gasteiger partial charge in [-0.2, -0.15) is 5.10 Å². The summed E-state index contributed by atoms with van der Waals surface area (Å²) in [6, 6.07) is 9.48. The Balaban J connectivity index is 1.84. The van der Waals surface area contributed by atoms with Crippen molar-refractivity contribution in [3.63, 3.8) is 0 Å². The van der Waals surface area contributed by atoms with Crippen molar-refractivity contribution in [2.45, 2.75) is 18.9 Å². The molecule has 1 fully saturated rings. The van der Waals surface area contributed by atoms with Crippen molar-refractivity contribution in [3.8, 4) is 11.3 Å². The number of halogens is 1. The molecule has 3 rings (SSSR count). The molecule has 0 radical (unpaired) electrons. The zero-order valence-corrected chi connectivity index (χ0v) is 10.4. The van der Waals surface area contributed by atoms with E-state index in [1.165, 1.54) is 0 Å². The zero-order chi connectivity index (χ0) is 12.5. The molecule has 0 spiro atoms. The second kappa shape index (κ2) is 4.46. The molecule has 0 aliphatic heterocycles. The Bertz CT molecular complexity index is 589. The molecule has 2 N–H and O–H groups in total. The fourth-order valence-electron chi connectivity index (χ4n) is 1.74. The van der Waals surface area contributed by atoms with Crippen LogP contribution in [-0.4, -0.2) is 22.1 Å². The van der Waals surface area contributed by atoms with Crippen LogP contribution in [0.25, 0.3) is 11.3 Å². The van der Waals surface area contributed by atoms with E-state index in [2.05, 4.69) is 15.5 Å². The van der Waals surface area contributed by atoms with E-state index in [-0.39, 0.29) is 5.91 Å². The third kappa shape index (κ3) is 2.24. The van der Waals surface area contributed by atoms with Gasteiger partial charge >= 0.3 is 0 Å². The molecule has 1 aromatic carbocycles. The molecule has 1 saturated carbocycles. The lowest BCUT2D eigenvalue weighted by atomic mass is 10.1. The third-order valence-electron chi connectivity index (χ3n) is 2.88. The van der Waals surface area contributed by atoms with E-state index in [9.17, 15) is 4.79 Å². The van der Waals surface area contributed by atoms with Gasteiger partial charge in [-0.1, -0.05) is 29.8 Å². The number of hydrogen-bond donors (Lipinski definition) is 2. The molecule has 0 saturated heterocycles. The minimum Gasteiger partial charge on any atom is -0.348 e. The van der Waals surface area contributed by atoms with Crippen molar-refractivity contribution < 1.29 is 4.79 Å². The summed E-state index contributed by atoms with van der Waals surface area (Å²) in [6.07, 6.45) is 2.13. The number of aromatic amines is 1. The van der Waals surface area contributed by atoms with Gasteiger partial charge in [0.2, 0.25) is 0 Å². The number of benzene rings is 1. The maximum atomic E-state index is 11.8. The van der Waals surface area contributed by atoms with E-state index >= 15 is 0 Å². The topological polar surface area (TPSA) is 57.8 Å². The van der Waals surface area contributed by atoms with Crippen molar-refractivity contribution in [1.29, 1.82) is 0 Å². The Morgan fingerprint density at radius 2 is 2.17 bits per heavy atom. The van der Waals surface area contributed by atoms with Crippen LogP contribution in [0.3, 0.4) is 0 Å². The van der Waals surface area contributed by atoms with E-state index in [0.717, 1.165) is 18.4 Å². The number of amides is 1. The number of hydrogen-bond acceptors (Lipinski definition) is 2. The summed E-state index contributed by atoms with van der Waals surface area (Å²) < 4.78 is 0. The molecule has 92 valence electrons. The number of carbonyl (C=O) groups is 1. The van der Waals surface area contributed by atoms with Crippen LogP contribution in [0.5, 0.6) is 0 Å². The first-order valence-corrected chi connectivity index (χ1v) is 6.23. The number of H-pyrrole nitrogens is 1. The Morgan fingerprint density at radius 3 is 2.89 bits per heavy atom. The Morgan fingerprint density at radius 1 is 1.39 bits per heavy atom. The van der Waals surface area contributed by atoms with Crippen molar-refractivity contribution >= 4 is 17.5 Å². The Hall–Kier alpha value is -1.81. The monoisotopic (exact) mass is 261 g/mol. The summed E-state index contributed by atoms with van der Waals surface area (Å²) in [5.74, 6) is -0.108. The molecule has 18 heavy (non-hydrogen) atoms. The van der Waals surface area contributed by atoms with Gasteiger partial charge in [-0.3, -0.25) is 9.89 Å². The highest BCUT2D eigenvalue weighted by Gasteiger charge is 2.24. The quantitative estimate of drug-likeness (QED) is 0.892. The zero-order valence-electron chi connectivity index (χ0n) is 9.61. The van der Waals surface area contributed by atoms with Gasteiger partial charge in [0, 0.05) is 11.6 Å². The maximum absolute atomic E-state index is 11.8. The Kier molecular flexibility index (Phi) is 2.80. The SMILES string of the molecule is O=C(NC1CC1)c1cc(-c2ccccc2Cl)n[nH]1. The lowest BCUT2D eigenvalue weighted by molar-refractivity contribution is 0.0946. The van der Waals surface area contributed by atoms with Crippen LogP contribution in [0.2, 0.25) is 5.02 Å². The molecule has 1 aromatic heterocycles. The third-order valence-corrected chi connectivity index (χ3v) is 3.21. The van der Waals surface area contributed by atoms with Crippen molar-refractivity contribution in [1.82, 2.24) is 15.5 Å². The predicted octanol–water partition coefficient (Wildman–Crippen LogP) is 2.62.